The lowest BCUT2D eigenvalue weighted by molar-refractivity contribution is -0.152. The molecular formula is C14H18N2O4. The maximum absolute atomic E-state index is 12.4. The highest BCUT2D eigenvalue weighted by Gasteiger charge is 2.55. The zero-order valence-corrected chi connectivity index (χ0v) is 11.8. The molecule has 3 atom stereocenters. The van der Waals surface area contributed by atoms with Crippen molar-refractivity contribution in [3.05, 3.63) is 12.7 Å². The smallest absolute Gasteiger partial charge is 0.330 e. The van der Waals surface area contributed by atoms with E-state index in [0.717, 1.165) is 4.90 Å². The Balaban J connectivity index is 3.30. The summed E-state index contributed by atoms with van der Waals surface area (Å²) in [5.41, 5.74) is -1.49. The number of hydrogen-bond acceptors (Lipinski definition) is 4. The standard InChI is InChI=1S/C14H18N2O4/c1-5-8-14(9(2)6-7-10(3)17)11(18)15-13(20)16(4)12(14)19/h5,9-10,17H,1,8H2,2-4H3,(H,15,18,20)/t9-,10?,14?/m1/s1. The highest BCUT2D eigenvalue weighted by molar-refractivity contribution is 6.19. The van der Waals surface area contributed by atoms with Crippen molar-refractivity contribution in [2.45, 2.75) is 26.4 Å². The molecule has 0 aromatic rings. The van der Waals surface area contributed by atoms with Crippen molar-refractivity contribution in [1.29, 1.82) is 0 Å². The van der Waals surface area contributed by atoms with Crippen molar-refractivity contribution in [2.24, 2.45) is 11.3 Å². The van der Waals surface area contributed by atoms with Gasteiger partial charge in [-0.2, -0.15) is 0 Å². The predicted octanol–water partition coefficient (Wildman–Crippen LogP) is 0.277. The number of amides is 4. The van der Waals surface area contributed by atoms with Gasteiger partial charge < -0.3 is 5.11 Å². The van der Waals surface area contributed by atoms with Crippen molar-refractivity contribution in [1.82, 2.24) is 10.2 Å². The van der Waals surface area contributed by atoms with Crippen LogP contribution in [0.15, 0.2) is 12.7 Å². The fraction of sp³-hybridized carbons (Fsp3) is 0.500. The fourth-order valence-corrected chi connectivity index (χ4v) is 2.12. The number of urea groups is 1. The van der Waals surface area contributed by atoms with E-state index in [2.05, 4.69) is 23.7 Å². The summed E-state index contributed by atoms with van der Waals surface area (Å²) in [5.74, 6) is 3.27. The van der Waals surface area contributed by atoms with Crippen LogP contribution < -0.4 is 5.32 Å². The minimum Gasteiger partial charge on any atom is -0.381 e. The van der Waals surface area contributed by atoms with E-state index >= 15 is 0 Å². The van der Waals surface area contributed by atoms with Crippen LogP contribution in [0.2, 0.25) is 0 Å². The van der Waals surface area contributed by atoms with E-state index < -0.39 is 35.3 Å². The van der Waals surface area contributed by atoms with E-state index in [1.54, 1.807) is 6.92 Å². The summed E-state index contributed by atoms with van der Waals surface area (Å²) >= 11 is 0. The number of carbonyl (C=O) groups is 3. The first-order valence-electron chi connectivity index (χ1n) is 6.21. The van der Waals surface area contributed by atoms with Crippen LogP contribution in [-0.2, 0) is 9.59 Å². The quantitative estimate of drug-likeness (QED) is 0.441. The summed E-state index contributed by atoms with van der Waals surface area (Å²) in [6.45, 7) is 6.65. The second-order valence-electron chi connectivity index (χ2n) is 4.77. The first kappa shape index (κ1) is 15.9. The van der Waals surface area contributed by atoms with Crippen molar-refractivity contribution in [3.8, 4) is 11.8 Å². The van der Waals surface area contributed by atoms with Crippen molar-refractivity contribution in [3.63, 3.8) is 0 Å². The van der Waals surface area contributed by atoms with Gasteiger partial charge in [0.2, 0.25) is 11.8 Å². The third kappa shape index (κ3) is 2.58. The van der Waals surface area contributed by atoms with Gasteiger partial charge in [-0.25, -0.2) is 4.79 Å². The molecule has 0 aliphatic carbocycles. The Labute approximate surface area is 117 Å². The molecule has 1 aliphatic heterocycles. The molecule has 0 aromatic heterocycles. The van der Waals surface area contributed by atoms with Crippen molar-refractivity contribution >= 4 is 17.8 Å². The van der Waals surface area contributed by atoms with Crippen LogP contribution >= 0.6 is 0 Å². The summed E-state index contributed by atoms with van der Waals surface area (Å²) in [7, 11) is 1.30. The van der Waals surface area contributed by atoms with E-state index in [9.17, 15) is 19.5 Å². The van der Waals surface area contributed by atoms with Gasteiger partial charge in [-0.05, 0) is 20.3 Å². The van der Waals surface area contributed by atoms with E-state index in [4.69, 9.17) is 0 Å². The van der Waals surface area contributed by atoms with Crippen LogP contribution in [0.25, 0.3) is 0 Å². The molecule has 0 saturated carbocycles. The van der Waals surface area contributed by atoms with Crippen LogP contribution in [0.5, 0.6) is 0 Å². The van der Waals surface area contributed by atoms with Crippen LogP contribution in [0.4, 0.5) is 4.79 Å². The number of barbiturate groups is 1. The van der Waals surface area contributed by atoms with E-state index in [1.807, 2.05) is 0 Å². The molecule has 6 heteroatoms. The van der Waals surface area contributed by atoms with E-state index in [0.29, 0.717) is 0 Å². The van der Waals surface area contributed by atoms with Gasteiger partial charge in [0, 0.05) is 13.0 Å². The maximum atomic E-state index is 12.4. The lowest BCUT2D eigenvalue weighted by Crippen LogP contribution is -2.64. The summed E-state index contributed by atoms with van der Waals surface area (Å²) in [6, 6.07) is -0.754. The van der Waals surface area contributed by atoms with Gasteiger partial charge in [0.1, 0.15) is 11.5 Å². The Bertz CT molecular complexity index is 515. The van der Waals surface area contributed by atoms with Crippen LogP contribution in [0.3, 0.4) is 0 Å². The normalized spacial score (nSPS) is 25.4. The molecule has 0 bridgehead atoms. The van der Waals surface area contributed by atoms with Gasteiger partial charge in [0.25, 0.3) is 0 Å². The number of aliphatic hydroxyl groups excluding tert-OH is 1. The molecule has 108 valence electrons. The second kappa shape index (κ2) is 5.88. The average Bonchev–Trinajstić information content (AvgIpc) is 2.38. The molecule has 0 spiro atoms. The molecule has 1 saturated heterocycles. The third-order valence-electron chi connectivity index (χ3n) is 3.33. The van der Waals surface area contributed by atoms with Crippen LogP contribution in [0.1, 0.15) is 20.3 Å². The lowest BCUT2D eigenvalue weighted by atomic mass is 9.71. The number of allylic oxidation sites excluding steroid dienone is 1. The topological polar surface area (TPSA) is 86.7 Å². The fourth-order valence-electron chi connectivity index (χ4n) is 2.12. The van der Waals surface area contributed by atoms with Gasteiger partial charge in [-0.3, -0.25) is 19.8 Å². The summed E-state index contributed by atoms with van der Waals surface area (Å²) in [4.78, 5) is 36.9. The summed E-state index contributed by atoms with van der Waals surface area (Å²) in [6.07, 6.45) is 0.645. The molecule has 0 radical (unpaired) electrons. The summed E-state index contributed by atoms with van der Waals surface area (Å²) in [5, 5.41) is 11.3. The Kier molecular flexibility index (Phi) is 4.69. The molecule has 2 unspecified atom stereocenters. The first-order valence-corrected chi connectivity index (χ1v) is 6.21. The monoisotopic (exact) mass is 278 g/mol. The second-order valence-corrected chi connectivity index (χ2v) is 4.77. The number of nitrogens with zero attached hydrogens (tertiary/aromatic N) is 1. The van der Waals surface area contributed by atoms with Gasteiger partial charge in [-0.15, -0.1) is 6.58 Å². The van der Waals surface area contributed by atoms with E-state index in [-0.39, 0.29) is 6.42 Å². The maximum Gasteiger partial charge on any atom is 0.330 e. The van der Waals surface area contributed by atoms with Gasteiger partial charge >= 0.3 is 6.03 Å². The van der Waals surface area contributed by atoms with Crippen molar-refractivity contribution < 1.29 is 19.5 Å². The third-order valence-corrected chi connectivity index (χ3v) is 3.33. The van der Waals surface area contributed by atoms with Crippen LogP contribution in [-0.4, -0.2) is 41.0 Å². The minimum atomic E-state index is -1.49. The minimum absolute atomic E-state index is 0.0605. The molecule has 1 rings (SSSR count). The Morgan fingerprint density at radius 3 is 2.50 bits per heavy atom. The largest absolute Gasteiger partial charge is 0.381 e. The molecule has 6 nitrogen and oxygen atoms in total. The number of carbonyl (C=O) groups excluding carboxylic acids is 3. The molecule has 1 fully saturated rings. The Hall–Kier alpha value is -2.13. The number of hydrogen-bond donors (Lipinski definition) is 2. The zero-order valence-electron chi connectivity index (χ0n) is 11.8. The summed E-state index contributed by atoms with van der Waals surface area (Å²) < 4.78 is 0. The average molecular weight is 278 g/mol. The number of nitrogens with one attached hydrogen (secondary N) is 1. The highest BCUT2D eigenvalue weighted by atomic mass is 16.3. The SMILES string of the molecule is C=CCC1([C@H](C)C#CC(C)O)C(=O)NC(=O)N(C)C1=O. The highest BCUT2D eigenvalue weighted by Crippen LogP contribution is 2.36. The first-order chi connectivity index (χ1) is 9.27. The molecule has 1 aliphatic rings. The molecule has 20 heavy (non-hydrogen) atoms. The number of rotatable bonds is 3. The van der Waals surface area contributed by atoms with Gasteiger partial charge in [0.05, 0.1) is 0 Å². The molecule has 1 heterocycles. The molecular weight excluding hydrogens is 260 g/mol. The molecule has 2 N–H and O–H groups in total. The zero-order chi connectivity index (χ0) is 15.5. The lowest BCUT2D eigenvalue weighted by Gasteiger charge is -2.39. The number of aliphatic hydroxyl groups is 1. The predicted molar refractivity (Wildman–Crippen MR) is 72.2 cm³/mol. The van der Waals surface area contributed by atoms with E-state index in [1.165, 1.54) is 20.0 Å². The van der Waals surface area contributed by atoms with Gasteiger partial charge in [0.15, 0.2) is 0 Å². The number of imide groups is 2. The molecule has 4 amide bonds. The van der Waals surface area contributed by atoms with Crippen molar-refractivity contribution in [2.75, 3.05) is 7.05 Å². The Morgan fingerprint density at radius 2 is 2.00 bits per heavy atom. The van der Waals surface area contributed by atoms with Gasteiger partial charge in [-0.1, -0.05) is 17.9 Å². The molecule has 0 aromatic carbocycles. The Morgan fingerprint density at radius 1 is 1.40 bits per heavy atom. The van der Waals surface area contributed by atoms with Crippen LogP contribution in [0, 0.1) is 23.2 Å².